The molecule has 0 aliphatic heterocycles. The maximum absolute atomic E-state index is 13.2. The van der Waals surface area contributed by atoms with E-state index in [2.05, 4.69) is 42.4 Å². The molecule has 0 saturated heterocycles. The van der Waals surface area contributed by atoms with Crippen LogP contribution in [0.3, 0.4) is 0 Å². The maximum Gasteiger partial charge on any atom is 0.254 e. The van der Waals surface area contributed by atoms with Crippen LogP contribution in [0.25, 0.3) is 11.1 Å². The summed E-state index contributed by atoms with van der Waals surface area (Å²) < 4.78 is 4.87. The number of hydrogen-bond donors (Lipinski definition) is 0. The lowest BCUT2D eigenvalue weighted by atomic mass is 9.96. The first-order valence-electron chi connectivity index (χ1n) is 8.90. The summed E-state index contributed by atoms with van der Waals surface area (Å²) in [6.07, 6.45) is 1.51. The van der Waals surface area contributed by atoms with Crippen LogP contribution >= 0.6 is 0 Å². The lowest BCUT2D eigenvalue weighted by Crippen LogP contribution is -2.27. The van der Waals surface area contributed by atoms with Crippen LogP contribution in [-0.4, -0.2) is 37.1 Å². The number of carbonyl (C=O) groups is 1. The molecule has 5 heteroatoms. The van der Waals surface area contributed by atoms with Gasteiger partial charge in [0.05, 0.1) is 6.54 Å². The molecule has 0 aliphatic carbocycles. The van der Waals surface area contributed by atoms with Crippen molar-refractivity contribution in [2.75, 3.05) is 26.0 Å². The topological polar surface area (TPSA) is 49.6 Å². The van der Waals surface area contributed by atoms with Crippen molar-refractivity contribution in [3.8, 4) is 11.1 Å². The van der Waals surface area contributed by atoms with E-state index < -0.39 is 0 Å². The molecule has 5 nitrogen and oxygen atoms in total. The van der Waals surface area contributed by atoms with Crippen LogP contribution in [-0.2, 0) is 6.54 Å². The molecule has 0 fully saturated rings. The quantitative estimate of drug-likeness (QED) is 0.678. The van der Waals surface area contributed by atoms with Crippen molar-refractivity contribution >= 4 is 11.6 Å². The smallest absolute Gasteiger partial charge is 0.254 e. The van der Waals surface area contributed by atoms with Crippen LogP contribution in [0.2, 0.25) is 0 Å². The summed E-state index contributed by atoms with van der Waals surface area (Å²) in [5.74, 6) is -0.0347. The SMILES string of the molecule is Cc1ccc(-c2cc(C(=O)N(C)Cc3ccon3)c(C)c(N(C)C)c2)cc1. The zero-order valence-electron chi connectivity index (χ0n) is 16.5. The van der Waals surface area contributed by atoms with E-state index in [0.717, 1.165) is 28.1 Å². The van der Waals surface area contributed by atoms with Crippen molar-refractivity contribution in [1.82, 2.24) is 10.1 Å². The number of rotatable bonds is 5. The first-order valence-corrected chi connectivity index (χ1v) is 8.90. The fraction of sp³-hybridized carbons (Fsp3) is 0.273. The summed E-state index contributed by atoms with van der Waals surface area (Å²) in [7, 11) is 5.77. The van der Waals surface area contributed by atoms with Crippen LogP contribution in [0.1, 0.15) is 27.2 Å². The Labute approximate surface area is 160 Å². The minimum Gasteiger partial charge on any atom is -0.377 e. The molecule has 0 aliphatic rings. The van der Waals surface area contributed by atoms with Gasteiger partial charge < -0.3 is 14.3 Å². The van der Waals surface area contributed by atoms with Crippen molar-refractivity contribution < 1.29 is 9.32 Å². The van der Waals surface area contributed by atoms with Gasteiger partial charge in [-0.05, 0) is 42.7 Å². The monoisotopic (exact) mass is 363 g/mol. The third kappa shape index (κ3) is 4.03. The third-order valence-corrected chi connectivity index (χ3v) is 4.71. The first kappa shape index (κ1) is 18.7. The number of aryl methyl sites for hydroxylation is 1. The number of benzene rings is 2. The average Bonchev–Trinajstić information content (AvgIpc) is 3.14. The van der Waals surface area contributed by atoms with Gasteiger partial charge in [-0.15, -0.1) is 0 Å². The van der Waals surface area contributed by atoms with Gasteiger partial charge in [-0.3, -0.25) is 4.79 Å². The van der Waals surface area contributed by atoms with Crippen LogP contribution in [0.4, 0.5) is 5.69 Å². The van der Waals surface area contributed by atoms with E-state index in [9.17, 15) is 4.79 Å². The summed E-state index contributed by atoms with van der Waals surface area (Å²) in [5.41, 5.74) is 6.76. The summed E-state index contributed by atoms with van der Waals surface area (Å²) >= 11 is 0. The molecule has 0 spiro atoms. The molecule has 3 rings (SSSR count). The minimum absolute atomic E-state index is 0.0347. The van der Waals surface area contributed by atoms with Gasteiger partial charge in [-0.1, -0.05) is 35.0 Å². The molecule has 140 valence electrons. The Bertz CT molecular complexity index is 929. The lowest BCUT2D eigenvalue weighted by molar-refractivity contribution is 0.0781. The van der Waals surface area contributed by atoms with Gasteiger partial charge in [0.2, 0.25) is 0 Å². The first-order chi connectivity index (χ1) is 12.9. The average molecular weight is 363 g/mol. The molecule has 0 radical (unpaired) electrons. The lowest BCUT2D eigenvalue weighted by Gasteiger charge is -2.23. The van der Waals surface area contributed by atoms with Crippen molar-refractivity contribution in [2.24, 2.45) is 0 Å². The molecule has 0 atom stereocenters. The van der Waals surface area contributed by atoms with Gasteiger partial charge in [0.15, 0.2) is 0 Å². The van der Waals surface area contributed by atoms with Gasteiger partial charge in [-0.2, -0.15) is 0 Å². The second kappa shape index (κ2) is 7.66. The predicted molar refractivity (Wildman–Crippen MR) is 108 cm³/mol. The zero-order chi connectivity index (χ0) is 19.6. The Morgan fingerprint density at radius 2 is 1.70 bits per heavy atom. The molecule has 1 amide bonds. The summed E-state index contributed by atoms with van der Waals surface area (Å²) in [4.78, 5) is 16.9. The molecule has 1 aromatic heterocycles. The standard InChI is InChI=1S/C22H25N3O2/c1-15-6-8-17(9-7-15)18-12-20(16(2)21(13-18)24(3)4)22(26)25(5)14-19-10-11-27-23-19/h6-13H,14H2,1-5H3. The van der Waals surface area contributed by atoms with Gasteiger partial charge in [0.1, 0.15) is 12.0 Å². The van der Waals surface area contributed by atoms with Gasteiger partial charge in [0, 0.05) is 38.5 Å². The van der Waals surface area contributed by atoms with E-state index in [-0.39, 0.29) is 5.91 Å². The van der Waals surface area contributed by atoms with E-state index >= 15 is 0 Å². The summed E-state index contributed by atoms with van der Waals surface area (Å²) in [6, 6.07) is 14.2. The van der Waals surface area contributed by atoms with E-state index in [1.54, 1.807) is 18.0 Å². The fourth-order valence-electron chi connectivity index (χ4n) is 3.14. The highest BCUT2D eigenvalue weighted by Gasteiger charge is 2.19. The maximum atomic E-state index is 13.2. The molecule has 0 saturated carbocycles. The van der Waals surface area contributed by atoms with Gasteiger partial charge in [-0.25, -0.2) is 0 Å². The van der Waals surface area contributed by atoms with Gasteiger partial charge in [0.25, 0.3) is 5.91 Å². The summed E-state index contributed by atoms with van der Waals surface area (Å²) in [5, 5.41) is 3.90. The Hall–Kier alpha value is -3.08. The summed E-state index contributed by atoms with van der Waals surface area (Å²) in [6.45, 7) is 4.46. The number of anilines is 1. The Morgan fingerprint density at radius 3 is 2.30 bits per heavy atom. The normalized spacial score (nSPS) is 10.7. The largest absolute Gasteiger partial charge is 0.377 e. The van der Waals surface area contributed by atoms with Crippen molar-refractivity contribution in [3.05, 3.63) is 71.1 Å². The van der Waals surface area contributed by atoms with E-state index in [1.165, 1.54) is 11.8 Å². The second-order valence-corrected chi connectivity index (χ2v) is 7.08. The highest BCUT2D eigenvalue weighted by atomic mass is 16.5. The number of carbonyl (C=O) groups excluding carboxylic acids is 1. The van der Waals surface area contributed by atoms with Crippen LogP contribution in [0, 0.1) is 13.8 Å². The van der Waals surface area contributed by atoms with E-state index in [1.807, 2.05) is 32.0 Å². The Balaban J connectivity index is 2.02. The molecule has 0 unspecified atom stereocenters. The number of aromatic nitrogens is 1. The number of amides is 1. The molecule has 3 aromatic rings. The number of hydrogen-bond acceptors (Lipinski definition) is 4. The van der Waals surface area contributed by atoms with Crippen LogP contribution < -0.4 is 4.90 Å². The second-order valence-electron chi connectivity index (χ2n) is 7.08. The molecule has 27 heavy (non-hydrogen) atoms. The van der Waals surface area contributed by atoms with Crippen molar-refractivity contribution in [3.63, 3.8) is 0 Å². The molecular formula is C22H25N3O2. The minimum atomic E-state index is -0.0347. The molecule has 0 bridgehead atoms. The molecule has 1 heterocycles. The third-order valence-electron chi connectivity index (χ3n) is 4.71. The molecule has 0 N–H and O–H groups in total. The van der Waals surface area contributed by atoms with E-state index in [4.69, 9.17) is 4.52 Å². The number of nitrogens with zero attached hydrogens (tertiary/aromatic N) is 3. The fourth-order valence-corrected chi connectivity index (χ4v) is 3.14. The molecular weight excluding hydrogens is 338 g/mol. The van der Waals surface area contributed by atoms with Gasteiger partial charge >= 0.3 is 0 Å². The highest BCUT2D eigenvalue weighted by Crippen LogP contribution is 2.31. The van der Waals surface area contributed by atoms with Crippen LogP contribution in [0.15, 0.2) is 53.3 Å². The Kier molecular flexibility index (Phi) is 5.31. The van der Waals surface area contributed by atoms with Crippen molar-refractivity contribution in [2.45, 2.75) is 20.4 Å². The molecule has 2 aromatic carbocycles. The highest BCUT2D eigenvalue weighted by molar-refractivity contribution is 5.98. The van der Waals surface area contributed by atoms with Crippen LogP contribution in [0.5, 0.6) is 0 Å². The zero-order valence-corrected chi connectivity index (χ0v) is 16.5. The van der Waals surface area contributed by atoms with Crippen molar-refractivity contribution in [1.29, 1.82) is 0 Å². The van der Waals surface area contributed by atoms with E-state index in [0.29, 0.717) is 12.1 Å². The Morgan fingerprint density at radius 1 is 1.00 bits per heavy atom. The predicted octanol–water partition coefficient (Wildman–Crippen LogP) is 4.30.